The van der Waals surface area contributed by atoms with Crippen LogP contribution in [0.15, 0.2) is 18.2 Å². The lowest BCUT2D eigenvalue weighted by molar-refractivity contribution is -0.129. The molecule has 1 fully saturated rings. The van der Waals surface area contributed by atoms with Crippen LogP contribution in [0.25, 0.3) is 0 Å². The monoisotopic (exact) mass is 318 g/mol. The van der Waals surface area contributed by atoms with Gasteiger partial charge in [0.15, 0.2) is 11.5 Å². The lowest BCUT2D eigenvalue weighted by Crippen LogP contribution is -2.34. The topological polar surface area (TPSA) is 67.9 Å². The van der Waals surface area contributed by atoms with Gasteiger partial charge >= 0.3 is 0 Å². The van der Waals surface area contributed by atoms with E-state index in [1.807, 2.05) is 32.0 Å². The van der Waals surface area contributed by atoms with Crippen LogP contribution < -0.4 is 14.8 Å². The number of nitrogens with one attached hydrogen (secondary N) is 1. The molecule has 2 atom stereocenters. The molecular formula is C17H22N2O4. The van der Waals surface area contributed by atoms with Crippen LogP contribution in [-0.4, -0.2) is 43.0 Å². The summed E-state index contributed by atoms with van der Waals surface area (Å²) in [6, 6.07) is 5.54. The predicted octanol–water partition coefficient (Wildman–Crippen LogP) is 1.50. The Morgan fingerprint density at radius 1 is 1.35 bits per heavy atom. The molecule has 0 saturated carbocycles. The summed E-state index contributed by atoms with van der Waals surface area (Å²) in [6.45, 7) is 6.11. The summed E-state index contributed by atoms with van der Waals surface area (Å²) in [6.07, 6.45) is 0.299. The number of hydrogen-bond acceptors (Lipinski definition) is 4. The summed E-state index contributed by atoms with van der Waals surface area (Å²) < 4.78 is 11.1. The average Bonchev–Trinajstić information content (AvgIpc) is 2.95. The van der Waals surface area contributed by atoms with Gasteiger partial charge in [0.1, 0.15) is 13.2 Å². The highest BCUT2D eigenvalue weighted by atomic mass is 16.6. The van der Waals surface area contributed by atoms with Gasteiger partial charge in [-0.1, -0.05) is 6.07 Å². The molecule has 0 radical (unpaired) electrons. The molecule has 6 heteroatoms. The minimum Gasteiger partial charge on any atom is -0.486 e. The molecule has 0 spiro atoms. The van der Waals surface area contributed by atoms with Gasteiger partial charge in [0.2, 0.25) is 11.8 Å². The highest BCUT2D eigenvalue weighted by molar-refractivity contribution is 5.89. The van der Waals surface area contributed by atoms with Gasteiger partial charge in [-0.3, -0.25) is 9.59 Å². The number of amides is 2. The molecule has 124 valence electrons. The molecule has 0 aliphatic carbocycles. The van der Waals surface area contributed by atoms with Crippen molar-refractivity contribution in [3.63, 3.8) is 0 Å². The van der Waals surface area contributed by atoms with Crippen LogP contribution in [0.1, 0.15) is 31.9 Å². The van der Waals surface area contributed by atoms with Gasteiger partial charge in [0.25, 0.3) is 0 Å². The molecule has 2 heterocycles. The van der Waals surface area contributed by atoms with Crippen LogP contribution in [0.4, 0.5) is 0 Å². The maximum Gasteiger partial charge on any atom is 0.225 e. The van der Waals surface area contributed by atoms with Gasteiger partial charge in [-0.25, -0.2) is 0 Å². The Bertz CT molecular complexity index is 617. The van der Waals surface area contributed by atoms with E-state index in [0.717, 1.165) is 11.3 Å². The summed E-state index contributed by atoms with van der Waals surface area (Å²) in [5.74, 6) is 1.17. The molecule has 1 saturated heterocycles. The first-order valence-electron chi connectivity index (χ1n) is 8.06. The number of likely N-dealkylation sites (tertiary alicyclic amines) is 1. The van der Waals surface area contributed by atoms with Crippen molar-refractivity contribution in [1.29, 1.82) is 0 Å². The third kappa shape index (κ3) is 3.25. The van der Waals surface area contributed by atoms with Crippen molar-refractivity contribution in [3.8, 4) is 11.5 Å². The highest BCUT2D eigenvalue weighted by Gasteiger charge is 2.33. The van der Waals surface area contributed by atoms with Gasteiger partial charge < -0.3 is 19.7 Å². The van der Waals surface area contributed by atoms with E-state index in [1.54, 1.807) is 4.90 Å². The first-order chi connectivity index (χ1) is 11.1. The summed E-state index contributed by atoms with van der Waals surface area (Å²) in [5, 5.41) is 3.00. The van der Waals surface area contributed by atoms with E-state index in [4.69, 9.17) is 9.47 Å². The van der Waals surface area contributed by atoms with E-state index >= 15 is 0 Å². The normalized spacial score (nSPS) is 21.2. The number of carbonyl (C=O) groups is 2. The Hall–Kier alpha value is -2.24. The number of carbonyl (C=O) groups excluding carboxylic acids is 2. The van der Waals surface area contributed by atoms with Crippen molar-refractivity contribution in [1.82, 2.24) is 10.2 Å². The van der Waals surface area contributed by atoms with Crippen molar-refractivity contribution in [2.75, 3.05) is 26.3 Å². The fourth-order valence-corrected chi connectivity index (χ4v) is 3.00. The standard InChI is InChI=1S/C17H22N2O4/c1-3-19-10-13(9-16(19)20)17(21)18-11(2)12-4-5-14-15(8-12)23-7-6-22-14/h4-5,8,11,13H,3,6-7,9-10H2,1-2H3,(H,18,21)/t11-,13+/m1/s1. The maximum absolute atomic E-state index is 12.4. The molecule has 1 N–H and O–H groups in total. The zero-order valence-corrected chi connectivity index (χ0v) is 13.5. The second-order valence-corrected chi connectivity index (χ2v) is 5.97. The number of benzene rings is 1. The van der Waals surface area contributed by atoms with E-state index in [9.17, 15) is 9.59 Å². The zero-order chi connectivity index (χ0) is 16.4. The van der Waals surface area contributed by atoms with Crippen molar-refractivity contribution >= 4 is 11.8 Å². The molecule has 0 unspecified atom stereocenters. The SMILES string of the molecule is CCN1C[C@@H](C(=O)N[C@H](C)c2ccc3c(c2)OCCO3)CC1=O. The van der Waals surface area contributed by atoms with Crippen LogP contribution in [0.2, 0.25) is 0 Å². The molecule has 0 bridgehead atoms. The summed E-state index contributed by atoms with van der Waals surface area (Å²) >= 11 is 0. The quantitative estimate of drug-likeness (QED) is 0.913. The highest BCUT2D eigenvalue weighted by Crippen LogP contribution is 2.32. The summed E-state index contributed by atoms with van der Waals surface area (Å²) in [7, 11) is 0. The largest absolute Gasteiger partial charge is 0.486 e. The van der Waals surface area contributed by atoms with Crippen LogP contribution in [0.3, 0.4) is 0 Å². The Balaban J connectivity index is 1.64. The lowest BCUT2D eigenvalue weighted by Gasteiger charge is -2.22. The first kappa shape index (κ1) is 15.6. The predicted molar refractivity (Wildman–Crippen MR) is 84.4 cm³/mol. The Morgan fingerprint density at radius 2 is 2.09 bits per heavy atom. The molecule has 0 aromatic heterocycles. The molecule has 23 heavy (non-hydrogen) atoms. The fraction of sp³-hybridized carbons (Fsp3) is 0.529. The minimum atomic E-state index is -0.262. The molecule has 1 aromatic rings. The van der Waals surface area contributed by atoms with E-state index < -0.39 is 0 Å². The maximum atomic E-state index is 12.4. The summed E-state index contributed by atoms with van der Waals surface area (Å²) in [5.41, 5.74) is 0.958. The Labute approximate surface area is 135 Å². The van der Waals surface area contributed by atoms with Gasteiger partial charge in [-0.15, -0.1) is 0 Å². The van der Waals surface area contributed by atoms with Gasteiger partial charge in [-0.05, 0) is 31.5 Å². The van der Waals surface area contributed by atoms with Crippen LogP contribution in [0.5, 0.6) is 11.5 Å². The first-order valence-corrected chi connectivity index (χ1v) is 8.06. The van der Waals surface area contributed by atoms with Crippen LogP contribution in [0, 0.1) is 5.92 Å². The van der Waals surface area contributed by atoms with Crippen molar-refractivity contribution in [3.05, 3.63) is 23.8 Å². The molecule has 2 amide bonds. The molecule has 2 aliphatic heterocycles. The van der Waals surface area contributed by atoms with Crippen LogP contribution in [-0.2, 0) is 9.59 Å². The molecule has 3 rings (SSSR count). The molecule has 6 nitrogen and oxygen atoms in total. The molecular weight excluding hydrogens is 296 g/mol. The molecule has 2 aliphatic rings. The number of fused-ring (bicyclic) bond motifs is 1. The van der Waals surface area contributed by atoms with E-state index in [-0.39, 0.29) is 23.8 Å². The van der Waals surface area contributed by atoms with Gasteiger partial charge in [0, 0.05) is 19.5 Å². The van der Waals surface area contributed by atoms with Crippen molar-refractivity contribution in [2.24, 2.45) is 5.92 Å². The fourth-order valence-electron chi connectivity index (χ4n) is 3.00. The Kier molecular flexibility index (Phi) is 4.41. The van der Waals surface area contributed by atoms with E-state index in [2.05, 4.69) is 5.32 Å². The number of hydrogen-bond donors (Lipinski definition) is 1. The third-order valence-corrected chi connectivity index (χ3v) is 4.39. The minimum absolute atomic E-state index is 0.0552. The summed E-state index contributed by atoms with van der Waals surface area (Å²) in [4.78, 5) is 25.9. The van der Waals surface area contributed by atoms with Gasteiger partial charge in [0.05, 0.1) is 12.0 Å². The number of rotatable bonds is 4. The average molecular weight is 318 g/mol. The second-order valence-electron chi connectivity index (χ2n) is 5.97. The van der Waals surface area contributed by atoms with E-state index in [0.29, 0.717) is 38.5 Å². The van der Waals surface area contributed by atoms with Crippen LogP contribution >= 0.6 is 0 Å². The number of ether oxygens (including phenoxy) is 2. The zero-order valence-electron chi connectivity index (χ0n) is 13.5. The lowest BCUT2D eigenvalue weighted by atomic mass is 10.0. The third-order valence-electron chi connectivity index (χ3n) is 4.39. The van der Waals surface area contributed by atoms with E-state index in [1.165, 1.54) is 0 Å². The second kappa shape index (κ2) is 6.48. The molecule has 1 aromatic carbocycles. The smallest absolute Gasteiger partial charge is 0.225 e. The Morgan fingerprint density at radius 3 is 2.78 bits per heavy atom. The van der Waals surface area contributed by atoms with Crippen molar-refractivity contribution < 1.29 is 19.1 Å². The van der Waals surface area contributed by atoms with Crippen molar-refractivity contribution in [2.45, 2.75) is 26.3 Å². The van der Waals surface area contributed by atoms with Gasteiger partial charge in [-0.2, -0.15) is 0 Å². The number of nitrogens with zero attached hydrogens (tertiary/aromatic N) is 1.